The average Bonchev–Trinajstić information content (AvgIpc) is 2.65. The summed E-state index contributed by atoms with van der Waals surface area (Å²) < 4.78 is 11.6. The van der Waals surface area contributed by atoms with E-state index in [1.807, 2.05) is 31.2 Å². The van der Waals surface area contributed by atoms with Crippen LogP contribution in [0.2, 0.25) is 5.02 Å². The molecule has 0 fully saturated rings. The van der Waals surface area contributed by atoms with E-state index in [4.69, 9.17) is 20.8 Å². The van der Waals surface area contributed by atoms with E-state index in [1.165, 1.54) is 10.5 Å². The van der Waals surface area contributed by atoms with Crippen LogP contribution in [0.1, 0.15) is 22.3 Å². The highest BCUT2D eigenvalue weighted by Crippen LogP contribution is 2.30. The molecule has 5 heteroatoms. The van der Waals surface area contributed by atoms with Crippen LogP contribution in [0, 0.1) is 13.8 Å². The second-order valence-corrected chi connectivity index (χ2v) is 7.34. The first-order valence-electron chi connectivity index (χ1n) is 8.79. The molecule has 26 heavy (non-hydrogen) atoms. The van der Waals surface area contributed by atoms with Crippen molar-refractivity contribution in [2.24, 2.45) is 0 Å². The third-order valence-electron chi connectivity index (χ3n) is 5.22. The van der Waals surface area contributed by atoms with E-state index in [-0.39, 0.29) is 5.63 Å². The van der Waals surface area contributed by atoms with E-state index in [1.54, 1.807) is 6.92 Å². The molecule has 2 aromatic carbocycles. The summed E-state index contributed by atoms with van der Waals surface area (Å²) in [6.45, 7) is 6.11. The van der Waals surface area contributed by atoms with Crippen molar-refractivity contribution >= 4 is 22.6 Å². The number of aryl methyl sites for hydroxylation is 1. The first-order valence-corrected chi connectivity index (χ1v) is 9.17. The van der Waals surface area contributed by atoms with Gasteiger partial charge in [0.1, 0.15) is 12.3 Å². The quantitative estimate of drug-likeness (QED) is 0.721. The maximum absolute atomic E-state index is 12.1. The number of nitrogens with one attached hydrogen (secondary N) is 1. The number of ether oxygens (including phenoxy) is 1. The number of rotatable bonds is 3. The highest BCUT2D eigenvalue weighted by atomic mass is 35.5. The summed E-state index contributed by atoms with van der Waals surface area (Å²) in [5.41, 5.74) is 4.29. The predicted octanol–water partition coefficient (Wildman–Crippen LogP) is 3.04. The van der Waals surface area contributed by atoms with E-state index in [0.717, 1.165) is 46.8 Å². The highest BCUT2D eigenvalue weighted by Gasteiger charge is 2.25. The van der Waals surface area contributed by atoms with Gasteiger partial charge in [-0.1, -0.05) is 23.7 Å². The van der Waals surface area contributed by atoms with Gasteiger partial charge in [0.2, 0.25) is 6.73 Å². The van der Waals surface area contributed by atoms with Crippen LogP contribution in [0.4, 0.5) is 0 Å². The van der Waals surface area contributed by atoms with Crippen molar-refractivity contribution in [1.82, 2.24) is 0 Å². The molecule has 2 heterocycles. The van der Waals surface area contributed by atoms with Gasteiger partial charge in [-0.15, -0.1) is 0 Å². The molecule has 0 amide bonds. The van der Waals surface area contributed by atoms with Crippen molar-refractivity contribution in [2.75, 3.05) is 13.3 Å². The molecule has 4 rings (SSSR count). The van der Waals surface area contributed by atoms with E-state index < -0.39 is 0 Å². The number of hydrogen-bond donors (Lipinski definition) is 1. The monoisotopic (exact) mass is 370 g/mol. The number of quaternary nitrogens is 1. The molecule has 0 saturated carbocycles. The molecule has 1 atom stereocenters. The Morgan fingerprint density at radius 3 is 2.62 bits per heavy atom. The summed E-state index contributed by atoms with van der Waals surface area (Å²) in [5, 5.41) is 1.74. The first kappa shape index (κ1) is 17.1. The fourth-order valence-corrected chi connectivity index (χ4v) is 3.59. The zero-order valence-corrected chi connectivity index (χ0v) is 15.7. The Morgan fingerprint density at radius 1 is 1.08 bits per heavy atom. The minimum Gasteiger partial charge on any atom is -0.445 e. The Bertz CT molecular complexity index is 1020. The standard InChI is InChI=1S/C21H20ClNO3/c1-13-14(2)21(24)26-20-17(13)7-8-19-18(20)11-23(12-25-19)10-9-15-3-5-16(22)6-4-15/h3-8H,9-12H2,1-2H3/p+1. The molecule has 0 radical (unpaired) electrons. The zero-order chi connectivity index (χ0) is 18.3. The molecule has 3 aromatic rings. The second kappa shape index (κ2) is 6.78. The molecule has 1 aromatic heterocycles. The Hall–Kier alpha value is -2.30. The minimum absolute atomic E-state index is 0.267. The molecule has 1 aliphatic rings. The highest BCUT2D eigenvalue weighted by molar-refractivity contribution is 6.30. The van der Waals surface area contributed by atoms with Gasteiger partial charge in [0, 0.05) is 22.4 Å². The van der Waals surface area contributed by atoms with Gasteiger partial charge in [-0.3, -0.25) is 4.90 Å². The summed E-state index contributed by atoms with van der Waals surface area (Å²) in [6.07, 6.45) is 0.943. The van der Waals surface area contributed by atoms with E-state index in [0.29, 0.717) is 17.9 Å². The molecule has 0 aliphatic carbocycles. The number of halogens is 1. The molecule has 134 valence electrons. The summed E-state index contributed by atoms with van der Waals surface area (Å²) in [5.74, 6) is 0.819. The Morgan fingerprint density at radius 2 is 1.85 bits per heavy atom. The number of hydrogen-bond acceptors (Lipinski definition) is 3. The molecule has 1 unspecified atom stereocenters. The van der Waals surface area contributed by atoms with Crippen molar-refractivity contribution in [3.63, 3.8) is 0 Å². The van der Waals surface area contributed by atoms with Crippen LogP contribution in [0.15, 0.2) is 45.6 Å². The average molecular weight is 371 g/mol. The lowest BCUT2D eigenvalue weighted by atomic mass is 10.0. The van der Waals surface area contributed by atoms with Gasteiger partial charge in [0.15, 0.2) is 5.58 Å². The third kappa shape index (κ3) is 3.11. The predicted molar refractivity (Wildman–Crippen MR) is 102 cm³/mol. The Kier molecular flexibility index (Phi) is 4.47. The van der Waals surface area contributed by atoms with Crippen LogP contribution in [0.5, 0.6) is 5.75 Å². The SMILES string of the molecule is Cc1c(C)c2ccc3c(c2oc1=O)C[NH+](CCc1ccc(Cl)cc1)CO3. The smallest absolute Gasteiger partial charge is 0.339 e. The van der Waals surface area contributed by atoms with Gasteiger partial charge >= 0.3 is 5.63 Å². The molecule has 1 aliphatic heterocycles. The van der Waals surface area contributed by atoms with Gasteiger partial charge in [0.25, 0.3) is 0 Å². The van der Waals surface area contributed by atoms with Gasteiger partial charge in [-0.05, 0) is 49.2 Å². The molecule has 4 nitrogen and oxygen atoms in total. The first-order chi connectivity index (χ1) is 12.5. The lowest BCUT2D eigenvalue weighted by molar-refractivity contribution is -0.932. The van der Waals surface area contributed by atoms with Crippen molar-refractivity contribution < 1.29 is 14.1 Å². The van der Waals surface area contributed by atoms with Crippen LogP contribution in [0.25, 0.3) is 11.0 Å². The largest absolute Gasteiger partial charge is 0.445 e. The van der Waals surface area contributed by atoms with E-state index >= 15 is 0 Å². The summed E-state index contributed by atoms with van der Waals surface area (Å²) >= 11 is 5.95. The fourth-order valence-electron chi connectivity index (χ4n) is 3.46. The van der Waals surface area contributed by atoms with E-state index in [2.05, 4.69) is 12.1 Å². The fraction of sp³-hybridized carbons (Fsp3) is 0.286. The van der Waals surface area contributed by atoms with Crippen LogP contribution in [-0.2, 0) is 13.0 Å². The summed E-state index contributed by atoms with van der Waals surface area (Å²) in [6, 6.07) is 11.9. The molecule has 1 N–H and O–H groups in total. The molecular weight excluding hydrogens is 350 g/mol. The minimum atomic E-state index is -0.267. The van der Waals surface area contributed by atoms with Gasteiger partial charge < -0.3 is 9.15 Å². The Balaban J connectivity index is 1.61. The Labute approximate surface area is 156 Å². The van der Waals surface area contributed by atoms with Crippen molar-refractivity contribution in [3.05, 3.63) is 74.1 Å². The molecule has 0 bridgehead atoms. The van der Waals surface area contributed by atoms with Crippen molar-refractivity contribution in [1.29, 1.82) is 0 Å². The van der Waals surface area contributed by atoms with Crippen molar-refractivity contribution in [2.45, 2.75) is 26.8 Å². The van der Waals surface area contributed by atoms with Crippen LogP contribution < -0.4 is 15.3 Å². The molecular formula is C21H21ClNO3+. The maximum atomic E-state index is 12.1. The van der Waals surface area contributed by atoms with Gasteiger partial charge in [-0.2, -0.15) is 0 Å². The van der Waals surface area contributed by atoms with Crippen LogP contribution in [0.3, 0.4) is 0 Å². The van der Waals surface area contributed by atoms with Gasteiger partial charge in [0.05, 0.1) is 12.1 Å². The normalized spacial score (nSPS) is 16.3. The van der Waals surface area contributed by atoms with Crippen LogP contribution >= 0.6 is 11.6 Å². The van der Waals surface area contributed by atoms with E-state index in [9.17, 15) is 4.79 Å². The topological polar surface area (TPSA) is 43.9 Å². The molecule has 0 spiro atoms. The summed E-state index contributed by atoms with van der Waals surface area (Å²) in [7, 11) is 0. The lowest BCUT2D eigenvalue weighted by Gasteiger charge is -2.26. The zero-order valence-electron chi connectivity index (χ0n) is 14.9. The third-order valence-corrected chi connectivity index (χ3v) is 5.48. The van der Waals surface area contributed by atoms with Crippen molar-refractivity contribution in [3.8, 4) is 5.75 Å². The summed E-state index contributed by atoms with van der Waals surface area (Å²) in [4.78, 5) is 13.4. The lowest BCUT2D eigenvalue weighted by Crippen LogP contribution is -3.12. The van der Waals surface area contributed by atoms with Crippen LogP contribution in [-0.4, -0.2) is 13.3 Å². The number of fused-ring (bicyclic) bond motifs is 3. The second-order valence-electron chi connectivity index (χ2n) is 6.90. The van der Waals surface area contributed by atoms with Gasteiger partial charge in [-0.25, -0.2) is 4.79 Å². The molecule has 0 saturated heterocycles. The maximum Gasteiger partial charge on any atom is 0.339 e. The number of benzene rings is 2.